The monoisotopic (exact) mass is 246 g/mol. The first-order chi connectivity index (χ1) is 7.13. The third kappa shape index (κ3) is 3.30. The highest BCUT2D eigenvalue weighted by molar-refractivity contribution is 7.90. The van der Waals surface area contributed by atoms with Crippen molar-refractivity contribution < 1.29 is 13.2 Å². The zero-order chi connectivity index (χ0) is 12.6. The maximum atomic E-state index is 11.3. The van der Waals surface area contributed by atoms with Crippen molar-refractivity contribution >= 4 is 15.6 Å². The van der Waals surface area contributed by atoms with E-state index >= 15 is 0 Å². The van der Waals surface area contributed by atoms with Gasteiger partial charge in [0.05, 0.1) is 5.75 Å². The average Bonchev–Trinajstić information content (AvgIpc) is 2.28. The van der Waals surface area contributed by atoms with Crippen LogP contribution in [0.3, 0.4) is 0 Å². The smallest absolute Gasteiger partial charge is 0.147 e. The molecule has 0 saturated heterocycles. The summed E-state index contributed by atoms with van der Waals surface area (Å²) in [6.07, 6.45) is 3.79. The van der Waals surface area contributed by atoms with Crippen molar-refractivity contribution in [2.24, 2.45) is 17.3 Å². The predicted octanol–water partition coefficient (Wildman–Crippen LogP) is 2.06. The van der Waals surface area contributed by atoms with Crippen molar-refractivity contribution in [1.82, 2.24) is 0 Å². The van der Waals surface area contributed by atoms with Gasteiger partial charge in [-0.15, -0.1) is 0 Å². The molecule has 16 heavy (non-hydrogen) atoms. The van der Waals surface area contributed by atoms with Gasteiger partial charge in [0.2, 0.25) is 0 Å². The summed E-state index contributed by atoms with van der Waals surface area (Å²) < 4.78 is 22.7. The Morgan fingerprint density at radius 3 is 2.19 bits per heavy atom. The van der Waals surface area contributed by atoms with E-state index in [1.165, 1.54) is 6.26 Å². The van der Waals surface area contributed by atoms with E-state index < -0.39 is 9.84 Å². The minimum absolute atomic E-state index is 0.0330. The van der Waals surface area contributed by atoms with Gasteiger partial charge < -0.3 is 4.79 Å². The predicted molar refractivity (Wildman–Crippen MR) is 65.0 cm³/mol. The standard InChI is InChI=1S/C12H22O3S/c1-9(13)7-10-5-6-11(12(10,2)3)8-16(4,14)15/h10-11H,5-8H2,1-4H3/t10-,11-/m1/s1. The Labute approximate surface area is 98.5 Å². The second-order valence-corrected chi connectivity index (χ2v) is 7.98. The number of hydrogen-bond donors (Lipinski definition) is 0. The highest BCUT2D eigenvalue weighted by Crippen LogP contribution is 2.49. The van der Waals surface area contributed by atoms with Crippen molar-refractivity contribution in [3.63, 3.8) is 0 Å². The first kappa shape index (κ1) is 13.7. The van der Waals surface area contributed by atoms with E-state index in [0.29, 0.717) is 12.3 Å². The number of hydrogen-bond acceptors (Lipinski definition) is 3. The van der Waals surface area contributed by atoms with Crippen LogP contribution in [0.4, 0.5) is 0 Å². The van der Waals surface area contributed by atoms with Crippen LogP contribution < -0.4 is 0 Å². The molecule has 1 fully saturated rings. The third-order valence-electron chi connectivity index (χ3n) is 4.01. The van der Waals surface area contributed by atoms with E-state index in [9.17, 15) is 13.2 Å². The summed E-state index contributed by atoms with van der Waals surface area (Å²) in [5.41, 5.74) is -0.0330. The SMILES string of the molecule is CC(=O)C[C@H]1CC[C@H](CS(C)(=O)=O)C1(C)C. The Morgan fingerprint density at radius 2 is 1.75 bits per heavy atom. The normalized spacial score (nSPS) is 29.2. The molecule has 1 aliphatic rings. The molecule has 0 N–H and O–H groups in total. The fraction of sp³-hybridized carbons (Fsp3) is 0.917. The maximum absolute atomic E-state index is 11.3. The molecular weight excluding hydrogens is 224 g/mol. The highest BCUT2D eigenvalue weighted by atomic mass is 32.2. The molecule has 0 amide bonds. The molecule has 0 aromatic heterocycles. The lowest BCUT2D eigenvalue weighted by Gasteiger charge is -2.32. The number of rotatable bonds is 4. The Bertz CT molecular complexity index is 368. The van der Waals surface area contributed by atoms with Gasteiger partial charge in [0.1, 0.15) is 15.6 Å². The second-order valence-electron chi connectivity index (χ2n) is 5.79. The topological polar surface area (TPSA) is 51.2 Å². The molecule has 0 aromatic rings. The highest BCUT2D eigenvalue weighted by Gasteiger charge is 2.44. The summed E-state index contributed by atoms with van der Waals surface area (Å²) in [6, 6.07) is 0. The number of Topliss-reactive ketones (excluding diaryl/α,β-unsaturated/α-hetero) is 1. The molecule has 2 atom stereocenters. The van der Waals surface area contributed by atoms with Crippen molar-refractivity contribution in [1.29, 1.82) is 0 Å². The van der Waals surface area contributed by atoms with Crippen LogP contribution >= 0.6 is 0 Å². The summed E-state index contributed by atoms with van der Waals surface area (Å²) >= 11 is 0. The quantitative estimate of drug-likeness (QED) is 0.763. The third-order valence-corrected chi connectivity index (χ3v) is 5.01. The van der Waals surface area contributed by atoms with Gasteiger partial charge in [-0.05, 0) is 37.0 Å². The Hall–Kier alpha value is -0.380. The zero-order valence-electron chi connectivity index (χ0n) is 10.6. The van der Waals surface area contributed by atoms with E-state index in [0.717, 1.165) is 12.8 Å². The van der Waals surface area contributed by atoms with Crippen molar-refractivity contribution in [2.45, 2.75) is 40.0 Å². The Morgan fingerprint density at radius 1 is 1.25 bits per heavy atom. The minimum atomic E-state index is -2.92. The van der Waals surface area contributed by atoms with Crippen LogP contribution in [0.15, 0.2) is 0 Å². The van der Waals surface area contributed by atoms with Crippen molar-refractivity contribution in [2.75, 3.05) is 12.0 Å². The molecule has 0 heterocycles. The van der Waals surface area contributed by atoms with E-state index in [4.69, 9.17) is 0 Å². The molecule has 4 heteroatoms. The van der Waals surface area contributed by atoms with Crippen LogP contribution in [-0.2, 0) is 14.6 Å². The molecule has 0 aromatic carbocycles. The van der Waals surface area contributed by atoms with E-state index in [-0.39, 0.29) is 22.9 Å². The second kappa shape index (κ2) is 4.47. The van der Waals surface area contributed by atoms with Gasteiger partial charge in [-0.2, -0.15) is 0 Å². The Balaban J connectivity index is 2.75. The number of carbonyl (C=O) groups is 1. The van der Waals surface area contributed by atoms with Crippen LogP contribution in [0.25, 0.3) is 0 Å². The summed E-state index contributed by atoms with van der Waals surface area (Å²) in [4.78, 5) is 11.2. The van der Waals surface area contributed by atoms with Gasteiger partial charge in [-0.1, -0.05) is 13.8 Å². The van der Waals surface area contributed by atoms with Gasteiger partial charge in [0.25, 0.3) is 0 Å². The van der Waals surface area contributed by atoms with E-state index in [2.05, 4.69) is 13.8 Å². The number of sulfone groups is 1. The van der Waals surface area contributed by atoms with Gasteiger partial charge in [-0.3, -0.25) is 0 Å². The fourth-order valence-electron chi connectivity index (χ4n) is 2.86. The molecular formula is C12H22O3S. The lowest BCUT2D eigenvalue weighted by Crippen LogP contribution is -2.30. The molecule has 3 nitrogen and oxygen atoms in total. The summed E-state index contributed by atoms with van der Waals surface area (Å²) in [5.74, 6) is 1.01. The van der Waals surface area contributed by atoms with Crippen LogP contribution in [-0.4, -0.2) is 26.2 Å². The molecule has 1 rings (SSSR count). The maximum Gasteiger partial charge on any atom is 0.147 e. The van der Waals surface area contributed by atoms with Gasteiger partial charge in [0.15, 0.2) is 0 Å². The lowest BCUT2D eigenvalue weighted by atomic mass is 9.74. The zero-order valence-corrected chi connectivity index (χ0v) is 11.4. The Kier molecular flexibility index (Phi) is 3.83. The van der Waals surface area contributed by atoms with E-state index in [1.807, 2.05) is 0 Å². The molecule has 94 valence electrons. The lowest BCUT2D eigenvalue weighted by molar-refractivity contribution is -0.118. The molecule has 0 spiro atoms. The van der Waals surface area contributed by atoms with Crippen molar-refractivity contribution in [3.05, 3.63) is 0 Å². The number of ketones is 1. The summed E-state index contributed by atoms with van der Waals surface area (Å²) in [7, 11) is -2.92. The molecule has 1 saturated carbocycles. The minimum Gasteiger partial charge on any atom is -0.300 e. The molecule has 0 unspecified atom stereocenters. The molecule has 0 radical (unpaired) electrons. The summed E-state index contributed by atoms with van der Waals surface area (Å²) in [6.45, 7) is 5.81. The summed E-state index contributed by atoms with van der Waals surface area (Å²) in [5, 5.41) is 0. The fourth-order valence-corrected chi connectivity index (χ4v) is 4.18. The largest absolute Gasteiger partial charge is 0.300 e. The molecule has 1 aliphatic carbocycles. The molecule has 0 aliphatic heterocycles. The van der Waals surface area contributed by atoms with E-state index in [1.54, 1.807) is 6.92 Å². The van der Waals surface area contributed by atoms with Crippen LogP contribution in [0, 0.1) is 17.3 Å². The van der Waals surface area contributed by atoms with Gasteiger partial charge in [-0.25, -0.2) is 8.42 Å². The first-order valence-corrected chi connectivity index (χ1v) is 7.86. The van der Waals surface area contributed by atoms with Crippen LogP contribution in [0.2, 0.25) is 0 Å². The van der Waals surface area contributed by atoms with Crippen molar-refractivity contribution in [3.8, 4) is 0 Å². The number of carbonyl (C=O) groups excluding carboxylic acids is 1. The van der Waals surface area contributed by atoms with Crippen LogP contribution in [0.5, 0.6) is 0 Å². The van der Waals surface area contributed by atoms with Gasteiger partial charge >= 0.3 is 0 Å². The van der Waals surface area contributed by atoms with Gasteiger partial charge in [0, 0.05) is 12.7 Å². The van der Waals surface area contributed by atoms with Crippen LogP contribution in [0.1, 0.15) is 40.0 Å². The first-order valence-electron chi connectivity index (χ1n) is 5.80. The molecule has 0 bridgehead atoms. The average molecular weight is 246 g/mol.